The number of likely N-dealkylation sites (N-methyl/N-ethyl adjacent to an activating group) is 1. The summed E-state index contributed by atoms with van der Waals surface area (Å²) in [5.41, 5.74) is 0.463. The second-order valence-corrected chi connectivity index (χ2v) is 5.84. The van der Waals surface area contributed by atoms with Crippen molar-refractivity contribution in [3.05, 3.63) is 28.8 Å². The number of halogens is 2. The Balaban J connectivity index is 0.00000264. The molecule has 1 aromatic carbocycles. The molecule has 1 heterocycles. The lowest BCUT2D eigenvalue weighted by atomic mass is 10.2. The van der Waals surface area contributed by atoms with Crippen LogP contribution in [-0.2, 0) is 4.74 Å². The van der Waals surface area contributed by atoms with Crippen molar-refractivity contribution in [1.82, 2.24) is 9.80 Å². The molecule has 0 spiro atoms. The lowest BCUT2D eigenvalue weighted by Crippen LogP contribution is -2.45. The molecule has 2 rings (SSSR count). The Morgan fingerprint density at radius 1 is 1.17 bits per heavy atom. The van der Waals surface area contributed by atoms with Crippen LogP contribution >= 0.6 is 24.0 Å². The van der Waals surface area contributed by atoms with Gasteiger partial charge < -0.3 is 14.4 Å². The van der Waals surface area contributed by atoms with Crippen LogP contribution in [0.3, 0.4) is 0 Å². The van der Waals surface area contributed by atoms with Gasteiger partial charge in [-0.1, -0.05) is 11.6 Å². The number of nitrogens with zero attached hydrogens (tertiary/aromatic N) is 2. The van der Waals surface area contributed by atoms with Crippen molar-refractivity contribution < 1.29 is 14.3 Å². The lowest BCUT2D eigenvalue weighted by molar-refractivity contribution is 0.0656. The second kappa shape index (κ2) is 10.8. The fourth-order valence-corrected chi connectivity index (χ4v) is 2.50. The first kappa shape index (κ1) is 20.2. The van der Waals surface area contributed by atoms with Gasteiger partial charge in [-0.3, -0.25) is 9.69 Å². The summed E-state index contributed by atoms with van der Waals surface area (Å²) in [4.78, 5) is 15.7. The molecular formula is C16H24Cl2N2O3. The van der Waals surface area contributed by atoms with E-state index < -0.39 is 0 Å². The maximum atomic E-state index is 10.9. The molecule has 0 N–H and O–H groups in total. The number of piperazine rings is 1. The maximum absolute atomic E-state index is 10.9. The van der Waals surface area contributed by atoms with Crippen molar-refractivity contribution in [3.63, 3.8) is 0 Å². The number of hydrogen-bond acceptors (Lipinski definition) is 5. The maximum Gasteiger partial charge on any atom is 0.153 e. The quantitative estimate of drug-likeness (QED) is 0.523. The zero-order valence-corrected chi connectivity index (χ0v) is 14.9. The highest BCUT2D eigenvalue weighted by Crippen LogP contribution is 2.21. The van der Waals surface area contributed by atoms with Gasteiger partial charge in [-0.15, -0.1) is 12.4 Å². The second-order valence-electron chi connectivity index (χ2n) is 5.41. The van der Waals surface area contributed by atoms with E-state index in [0.29, 0.717) is 36.2 Å². The molecule has 0 saturated carbocycles. The highest BCUT2D eigenvalue weighted by Gasteiger charge is 2.12. The molecule has 1 aliphatic heterocycles. The molecule has 0 unspecified atom stereocenters. The van der Waals surface area contributed by atoms with Crippen LogP contribution in [0.15, 0.2) is 18.2 Å². The van der Waals surface area contributed by atoms with E-state index in [1.807, 2.05) is 0 Å². The number of carbonyl (C=O) groups is 1. The van der Waals surface area contributed by atoms with E-state index >= 15 is 0 Å². The summed E-state index contributed by atoms with van der Waals surface area (Å²) < 4.78 is 11.1. The molecule has 0 bridgehead atoms. The predicted molar refractivity (Wildman–Crippen MR) is 94.3 cm³/mol. The van der Waals surface area contributed by atoms with Crippen molar-refractivity contribution in [2.24, 2.45) is 0 Å². The van der Waals surface area contributed by atoms with Crippen molar-refractivity contribution in [2.45, 2.75) is 0 Å². The normalized spacial score (nSPS) is 15.9. The zero-order chi connectivity index (χ0) is 15.8. The van der Waals surface area contributed by atoms with Crippen molar-refractivity contribution in [1.29, 1.82) is 0 Å². The van der Waals surface area contributed by atoms with Crippen LogP contribution in [0.25, 0.3) is 0 Å². The van der Waals surface area contributed by atoms with Crippen LogP contribution in [0.5, 0.6) is 5.75 Å². The monoisotopic (exact) mass is 362 g/mol. The van der Waals surface area contributed by atoms with E-state index in [9.17, 15) is 4.79 Å². The Labute approximate surface area is 148 Å². The van der Waals surface area contributed by atoms with Crippen LogP contribution in [0.1, 0.15) is 10.4 Å². The molecule has 23 heavy (non-hydrogen) atoms. The highest BCUT2D eigenvalue weighted by molar-refractivity contribution is 6.30. The van der Waals surface area contributed by atoms with E-state index in [1.54, 1.807) is 18.2 Å². The Hall–Kier alpha value is -0.850. The molecule has 0 amide bonds. The summed E-state index contributed by atoms with van der Waals surface area (Å²) in [5.74, 6) is 0.544. The molecule has 1 aliphatic rings. The Morgan fingerprint density at radius 2 is 1.91 bits per heavy atom. The minimum absolute atomic E-state index is 0. The molecule has 0 atom stereocenters. The minimum Gasteiger partial charge on any atom is -0.490 e. The minimum atomic E-state index is 0. The van der Waals surface area contributed by atoms with Crippen LogP contribution in [0.4, 0.5) is 0 Å². The number of aldehydes is 1. The lowest BCUT2D eigenvalue weighted by Gasteiger charge is -2.32. The summed E-state index contributed by atoms with van der Waals surface area (Å²) in [6, 6.07) is 5.01. The van der Waals surface area contributed by atoms with Gasteiger partial charge in [0, 0.05) is 37.7 Å². The van der Waals surface area contributed by atoms with E-state index in [4.69, 9.17) is 21.1 Å². The fraction of sp³-hybridized carbons (Fsp3) is 0.562. The third-order valence-electron chi connectivity index (χ3n) is 3.73. The molecule has 7 heteroatoms. The number of ether oxygens (including phenoxy) is 2. The first-order valence-electron chi connectivity index (χ1n) is 7.55. The van der Waals surface area contributed by atoms with Gasteiger partial charge in [0.2, 0.25) is 0 Å². The topological polar surface area (TPSA) is 42.0 Å². The molecule has 1 saturated heterocycles. The smallest absolute Gasteiger partial charge is 0.153 e. The summed E-state index contributed by atoms with van der Waals surface area (Å²) >= 11 is 5.83. The van der Waals surface area contributed by atoms with Gasteiger partial charge in [-0.05, 0) is 25.2 Å². The number of hydrogen-bond donors (Lipinski definition) is 0. The zero-order valence-electron chi connectivity index (χ0n) is 13.4. The van der Waals surface area contributed by atoms with Gasteiger partial charge in [0.25, 0.3) is 0 Å². The Bertz CT molecular complexity index is 480. The van der Waals surface area contributed by atoms with Crippen LogP contribution in [-0.4, -0.2) is 75.7 Å². The third-order valence-corrected chi connectivity index (χ3v) is 3.97. The summed E-state index contributed by atoms with van der Waals surface area (Å²) in [6.45, 7) is 7.03. The predicted octanol–water partition coefficient (Wildman–Crippen LogP) is 2.22. The van der Waals surface area contributed by atoms with Crippen LogP contribution < -0.4 is 4.74 Å². The number of benzene rings is 1. The van der Waals surface area contributed by atoms with Gasteiger partial charge in [0.1, 0.15) is 12.4 Å². The van der Waals surface area contributed by atoms with E-state index in [0.717, 1.165) is 39.0 Å². The van der Waals surface area contributed by atoms with Crippen molar-refractivity contribution in [3.8, 4) is 5.75 Å². The van der Waals surface area contributed by atoms with Crippen molar-refractivity contribution >= 4 is 30.3 Å². The van der Waals surface area contributed by atoms with Gasteiger partial charge in [-0.2, -0.15) is 0 Å². The molecule has 0 aromatic heterocycles. The first-order chi connectivity index (χ1) is 10.7. The molecular weight excluding hydrogens is 339 g/mol. The van der Waals surface area contributed by atoms with E-state index in [1.165, 1.54) is 0 Å². The SMILES string of the molecule is CN1CCN(CCOCCOc2ccc(Cl)cc2C=O)CC1.Cl. The van der Waals surface area contributed by atoms with Gasteiger partial charge in [-0.25, -0.2) is 0 Å². The van der Waals surface area contributed by atoms with E-state index in [-0.39, 0.29) is 12.4 Å². The average molecular weight is 363 g/mol. The largest absolute Gasteiger partial charge is 0.490 e. The highest BCUT2D eigenvalue weighted by atomic mass is 35.5. The first-order valence-corrected chi connectivity index (χ1v) is 7.93. The van der Waals surface area contributed by atoms with Crippen LogP contribution in [0.2, 0.25) is 5.02 Å². The van der Waals surface area contributed by atoms with Crippen molar-refractivity contribution in [2.75, 3.05) is 59.6 Å². The Kier molecular flexibility index (Phi) is 9.52. The van der Waals surface area contributed by atoms with E-state index in [2.05, 4.69) is 16.8 Å². The van der Waals surface area contributed by atoms with Gasteiger partial charge >= 0.3 is 0 Å². The molecule has 1 aromatic rings. The summed E-state index contributed by atoms with van der Waals surface area (Å²) in [7, 11) is 2.15. The van der Waals surface area contributed by atoms with Gasteiger partial charge in [0.05, 0.1) is 18.8 Å². The molecule has 5 nitrogen and oxygen atoms in total. The summed E-state index contributed by atoms with van der Waals surface area (Å²) in [5, 5.41) is 0.526. The Morgan fingerprint density at radius 3 is 2.61 bits per heavy atom. The standard InChI is InChI=1S/C16H23ClN2O3.ClH/c1-18-4-6-19(7-5-18)8-9-21-10-11-22-16-3-2-15(17)12-14(16)13-20;/h2-3,12-13H,4-11H2,1H3;1H. The van der Waals surface area contributed by atoms with Crippen LogP contribution in [0, 0.1) is 0 Å². The fourth-order valence-electron chi connectivity index (χ4n) is 2.32. The molecule has 130 valence electrons. The summed E-state index contributed by atoms with van der Waals surface area (Å²) in [6.07, 6.45) is 0.745. The molecule has 0 radical (unpaired) electrons. The molecule has 0 aliphatic carbocycles. The third kappa shape index (κ3) is 7.06. The molecule has 1 fully saturated rings. The number of carbonyl (C=O) groups excluding carboxylic acids is 1. The average Bonchev–Trinajstić information content (AvgIpc) is 2.53. The number of rotatable bonds is 8. The van der Waals surface area contributed by atoms with Gasteiger partial charge in [0.15, 0.2) is 6.29 Å².